The lowest BCUT2D eigenvalue weighted by Gasteiger charge is -2.22. The van der Waals surface area contributed by atoms with Gasteiger partial charge in [0.2, 0.25) is 0 Å². The van der Waals surface area contributed by atoms with Crippen LogP contribution in [0.5, 0.6) is 0 Å². The second-order valence-electron chi connectivity index (χ2n) is 7.25. The van der Waals surface area contributed by atoms with Gasteiger partial charge in [0.1, 0.15) is 0 Å². The molecule has 0 spiro atoms. The van der Waals surface area contributed by atoms with Crippen molar-refractivity contribution in [2.75, 3.05) is 0 Å². The van der Waals surface area contributed by atoms with E-state index in [9.17, 15) is 4.79 Å². The SMILES string of the molecule is CC.CC.CC.CC(C)(C)C(=O)C(N)Cc1ccc2c(c1)C=CC1CC21.[HH]. The van der Waals surface area contributed by atoms with Gasteiger partial charge in [0.05, 0.1) is 6.04 Å². The molecule has 0 aliphatic heterocycles. The van der Waals surface area contributed by atoms with E-state index in [1.165, 1.54) is 17.5 Å². The third-order valence-electron chi connectivity index (χ3n) is 4.45. The van der Waals surface area contributed by atoms with Gasteiger partial charge in [0.15, 0.2) is 5.78 Å². The van der Waals surface area contributed by atoms with Crippen LogP contribution in [0.4, 0.5) is 0 Å². The van der Waals surface area contributed by atoms with Crippen molar-refractivity contribution in [3.63, 3.8) is 0 Å². The van der Waals surface area contributed by atoms with Gasteiger partial charge in [0.25, 0.3) is 0 Å². The maximum Gasteiger partial charge on any atom is 0.155 e. The minimum Gasteiger partial charge on any atom is -0.321 e. The third-order valence-corrected chi connectivity index (χ3v) is 4.45. The van der Waals surface area contributed by atoms with Crippen LogP contribution < -0.4 is 5.73 Å². The van der Waals surface area contributed by atoms with Crippen molar-refractivity contribution in [3.05, 3.63) is 41.0 Å². The quantitative estimate of drug-likeness (QED) is 0.657. The zero-order chi connectivity index (χ0) is 20.5. The number of nitrogens with two attached hydrogens (primary N) is 1. The van der Waals surface area contributed by atoms with Crippen LogP contribution in [-0.4, -0.2) is 11.8 Å². The van der Waals surface area contributed by atoms with Crippen LogP contribution in [0.15, 0.2) is 24.3 Å². The number of benzene rings is 1. The van der Waals surface area contributed by atoms with Gasteiger partial charge in [0, 0.05) is 6.84 Å². The first kappa shape index (κ1) is 24.6. The molecule has 150 valence electrons. The van der Waals surface area contributed by atoms with Gasteiger partial charge >= 0.3 is 0 Å². The zero-order valence-corrected chi connectivity index (χ0v) is 18.5. The topological polar surface area (TPSA) is 43.1 Å². The second kappa shape index (κ2) is 11.3. The normalized spacial score (nSPS) is 19.8. The molecule has 1 aromatic carbocycles. The van der Waals surface area contributed by atoms with Crippen molar-refractivity contribution < 1.29 is 6.22 Å². The fourth-order valence-corrected chi connectivity index (χ4v) is 3.15. The van der Waals surface area contributed by atoms with E-state index in [2.05, 4.69) is 30.4 Å². The molecule has 3 rings (SSSR count). The Labute approximate surface area is 163 Å². The highest BCUT2D eigenvalue weighted by molar-refractivity contribution is 5.88. The first-order valence-electron chi connectivity index (χ1n) is 10.5. The number of Topliss-reactive ketones (excluding diaryl/α,β-unsaturated/α-hetero) is 1. The maximum absolute atomic E-state index is 12.2. The molecule has 0 saturated heterocycles. The summed E-state index contributed by atoms with van der Waals surface area (Å²) in [6, 6.07) is 6.17. The number of fused-ring (bicyclic) bond motifs is 3. The molecule has 2 N–H and O–H groups in total. The molecule has 2 heteroatoms. The lowest BCUT2D eigenvalue weighted by atomic mass is 9.84. The average Bonchev–Trinajstić information content (AvgIpc) is 3.45. The molecule has 2 nitrogen and oxygen atoms in total. The number of rotatable bonds is 3. The summed E-state index contributed by atoms with van der Waals surface area (Å²) in [7, 11) is 0. The summed E-state index contributed by atoms with van der Waals surface area (Å²) in [4.78, 5) is 12.2. The fourth-order valence-electron chi connectivity index (χ4n) is 3.15. The lowest BCUT2D eigenvalue weighted by molar-refractivity contribution is -0.127. The van der Waals surface area contributed by atoms with Gasteiger partial charge in [-0.15, -0.1) is 0 Å². The van der Waals surface area contributed by atoms with Crippen LogP contribution >= 0.6 is 0 Å². The highest BCUT2D eigenvalue weighted by Gasteiger charge is 2.39. The predicted octanol–water partition coefficient (Wildman–Crippen LogP) is 6.63. The first-order chi connectivity index (χ1) is 12.4. The summed E-state index contributed by atoms with van der Waals surface area (Å²) in [6.45, 7) is 17.8. The van der Waals surface area contributed by atoms with E-state index in [0.29, 0.717) is 6.42 Å². The Kier molecular flexibility index (Phi) is 10.7. The van der Waals surface area contributed by atoms with Gasteiger partial charge in [-0.25, -0.2) is 0 Å². The van der Waals surface area contributed by atoms with E-state index in [1.54, 1.807) is 0 Å². The molecule has 0 amide bonds. The van der Waals surface area contributed by atoms with Crippen LogP contribution in [0.25, 0.3) is 6.08 Å². The summed E-state index contributed by atoms with van der Waals surface area (Å²) >= 11 is 0. The highest BCUT2D eigenvalue weighted by atomic mass is 16.1. The zero-order valence-electron chi connectivity index (χ0n) is 18.5. The molecule has 0 aromatic heterocycles. The largest absolute Gasteiger partial charge is 0.321 e. The Morgan fingerprint density at radius 3 is 2.27 bits per heavy atom. The van der Waals surface area contributed by atoms with Crippen LogP contribution in [-0.2, 0) is 11.2 Å². The van der Waals surface area contributed by atoms with Crippen molar-refractivity contribution in [1.82, 2.24) is 0 Å². The van der Waals surface area contributed by atoms with E-state index >= 15 is 0 Å². The van der Waals surface area contributed by atoms with Crippen molar-refractivity contribution in [2.45, 2.75) is 87.1 Å². The lowest BCUT2D eigenvalue weighted by Crippen LogP contribution is -2.40. The number of hydrogen-bond donors (Lipinski definition) is 1. The van der Waals surface area contributed by atoms with E-state index < -0.39 is 6.04 Å². The minimum absolute atomic E-state index is 0. The number of ketones is 1. The molecule has 2 aliphatic carbocycles. The molecule has 0 bridgehead atoms. The van der Waals surface area contributed by atoms with E-state index in [0.717, 1.165) is 17.4 Å². The molecule has 3 unspecified atom stereocenters. The van der Waals surface area contributed by atoms with Crippen LogP contribution in [0.1, 0.15) is 92.8 Å². The van der Waals surface area contributed by atoms with Gasteiger partial charge in [-0.2, -0.15) is 0 Å². The van der Waals surface area contributed by atoms with Gasteiger partial charge in [-0.05, 0) is 41.4 Å². The maximum atomic E-state index is 12.2. The van der Waals surface area contributed by atoms with E-state index in [-0.39, 0.29) is 12.6 Å². The Morgan fingerprint density at radius 1 is 1.15 bits per heavy atom. The monoisotopic (exact) mass is 361 g/mol. The smallest absolute Gasteiger partial charge is 0.155 e. The Hall–Kier alpha value is -1.41. The van der Waals surface area contributed by atoms with E-state index in [4.69, 9.17) is 5.73 Å². The van der Waals surface area contributed by atoms with E-state index in [1.807, 2.05) is 62.3 Å². The highest BCUT2D eigenvalue weighted by Crippen LogP contribution is 2.52. The minimum atomic E-state index is -0.408. The van der Waals surface area contributed by atoms with Crippen LogP contribution in [0, 0.1) is 11.3 Å². The van der Waals surface area contributed by atoms with Gasteiger partial charge in [-0.1, -0.05) is 92.7 Å². The molecule has 0 heterocycles. The van der Waals surface area contributed by atoms with Crippen molar-refractivity contribution >= 4 is 11.9 Å². The number of carbonyl (C=O) groups is 1. The standard InChI is InChI=1S/C18H23NO.3C2H6.H2/c1-18(2,3)17(20)16(19)9-11-4-7-14-12(8-11)5-6-13-10-15(13)14;3*1-2;/h4-8,13,15-16H,9-10,19H2,1-3H3;3*1-2H3;1H. The molecular formula is C24H43NO. The first-order valence-corrected chi connectivity index (χ1v) is 10.5. The summed E-state index contributed by atoms with van der Waals surface area (Å²) in [5.74, 6) is 1.65. The third kappa shape index (κ3) is 6.39. The molecule has 1 fully saturated rings. The van der Waals surface area contributed by atoms with Gasteiger partial charge < -0.3 is 5.73 Å². The fraction of sp³-hybridized carbons (Fsp3) is 0.625. The summed E-state index contributed by atoms with van der Waals surface area (Å²) in [5, 5.41) is 0. The van der Waals surface area contributed by atoms with Crippen molar-refractivity contribution in [3.8, 4) is 0 Å². The average molecular weight is 362 g/mol. The molecule has 0 radical (unpaired) electrons. The molecule has 1 saturated carbocycles. The van der Waals surface area contributed by atoms with Gasteiger partial charge in [-0.3, -0.25) is 4.79 Å². The summed E-state index contributed by atoms with van der Waals surface area (Å²) in [6.07, 6.45) is 6.47. The molecule has 3 atom stereocenters. The number of allylic oxidation sites excluding steroid dienone is 1. The Bertz CT molecular complexity index is 587. The van der Waals surface area contributed by atoms with Crippen molar-refractivity contribution in [2.24, 2.45) is 17.1 Å². The predicted molar refractivity (Wildman–Crippen MR) is 119 cm³/mol. The summed E-state index contributed by atoms with van der Waals surface area (Å²) < 4.78 is 0. The second-order valence-corrected chi connectivity index (χ2v) is 7.25. The Morgan fingerprint density at radius 2 is 1.73 bits per heavy atom. The molecule has 1 aromatic rings. The molecular weight excluding hydrogens is 318 g/mol. The number of carbonyl (C=O) groups excluding carboxylic acids is 1. The number of hydrogen-bond acceptors (Lipinski definition) is 2. The van der Waals surface area contributed by atoms with Crippen LogP contribution in [0.2, 0.25) is 0 Å². The summed E-state index contributed by atoms with van der Waals surface area (Å²) in [5.41, 5.74) is 9.66. The Balaban J connectivity index is 0. The van der Waals surface area contributed by atoms with Crippen molar-refractivity contribution in [1.29, 1.82) is 0 Å². The molecule has 2 aliphatic rings. The molecule has 26 heavy (non-hydrogen) atoms. The van der Waals surface area contributed by atoms with Crippen LogP contribution in [0.3, 0.4) is 0 Å².